The lowest BCUT2D eigenvalue weighted by Gasteiger charge is -2.14. The van der Waals surface area contributed by atoms with Gasteiger partial charge in [0.05, 0.1) is 12.1 Å². The van der Waals surface area contributed by atoms with Crippen LogP contribution >= 0.6 is 0 Å². The Kier molecular flexibility index (Phi) is 6.69. The quantitative estimate of drug-likeness (QED) is 0.450. The summed E-state index contributed by atoms with van der Waals surface area (Å²) in [7, 11) is 0. The molecule has 2 N–H and O–H groups in total. The smallest absolute Gasteiger partial charge is 0.326 e. The van der Waals surface area contributed by atoms with Crippen molar-refractivity contribution in [1.29, 1.82) is 0 Å². The number of halogens is 3. The molecule has 1 aromatic heterocycles. The number of anilines is 1. The standard InChI is InChI=1S/C23H21F3N4O/c1-15-6-7-18(12-16(15)2)21(31)30-22(28-14-17-8-10-27-11-9-17)29-20-5-3-4-19(13-20)23(24,25)26/h3-13H,14H2,1-2H3,(H2,28,29,30,31). The molecule has 3 rings (SSSR count). The average molecular weight is 426 g/mol. The Morgan fingerprint density at radius 2 is 1.74 bits per heavy atom. The van der Waals surface area contributed by atoms with Gasteiger partial charge in [0.1, 0.15) is 0 Å². The van der Waals surface area contributed by atoms with Gasteiger partial charge in [-0.25, -0.2) is 4.99 Å². The monoisotopic (exact) mass is 426 g/mol. The molecule has 1 heterocycles. The molecule has 0 aliphatic heterocycles. The zero-order chi connectivity index (χ0) is 22.4. The predicted molar refractivity (Wildman–Crippen MR) is 114 cm³/mol. The Bertz CT molecular complexity index is 1100. The average Bonchev–Trinajstić information content (AvgIpc) is 2.74. The van der Waals surface area contributed by atoms with Crippen molar-refractivity contribution in [2.75, 3.05) is 5.32 Å². The highest BCUT2D eigenvalue weighted by molar-refractivity contribution is 6.10. The molecule has 0 aliphatic rings. The van der Waals surface area contributed by atoms with Gasteiger partial charge in [-0.2, -0.15) is 13.2 Å². The lowest BCUT2D eigenvalue weighted by Crippen LogP contribution is -2.36. The molecule has 0 atom stereocenters. The molecular weight excluding hydrogens is 405 g/mol. The van der Waals surface area contributed by atoms with Crippen LogP contribution in [0.4, 0.5) is 18.9 Å². The molecule has 1 amide bonds. The fourth-order valence-electron chi connectivity index (χ4n) is 2.74. The number of hydrogen-bond donors (Lipinski definition) is 2. The lowest BCUT2D eigenvalue weighted by molar-refractivity contribution is -0.137. The van der Waals surface area contributed by atoms with Crippen LogP contribution in [0.2, 0.25) is 0 Å². The Labute approximate surface area is 178 Å². The number of benzene rings is 2. The number of aryl methyl sites for hydroxylation is 2. The second-order valence-corrected chi connectivity index (χ2v) is 6.98. The van der Waals surface area contributed by atoms with Crippen molar-refractivity contribution < 1.29 is 18.0 Å². The molecule has 0 fully saturated rings. The SMILES string of the molecule is Cc1ccc(C(=O)NC(=NCc2ccncc2)Nc2cccc(C(F)(F)F)c2)cc1C. The summed E-state index contributed by atoms with van der Waals surface area (Å²) in [5, 5.41) is 5.45. The van der Waals surface area contributed by atoms with E-state index < -0.39 is 17.6 Å². The van der Waals surface area contributed by atoms with E-state index >= 15 is 0 Å². The number of alkyl halides is 3. The van der Waals surface area contributed by atoms with Crippen LogP contribution in [0, 0.1) is 13.8 Å². The highest BCUT2D eigenvalue weighted by Gasteiger charge is 2.30. The van der Waals surface area contributed by atoms with E-state index in [1.54, 1.807) is 36.7 Å². The van der Waals surface area contributed by atoms with Crippen molar-refractivity contribution in [2.24, 2.45) is 4.99 Å². The Morgan fingerprint density at radius 1 is 1.00 bits per heavy atom. The normalized spacial score (nSPS) is 11.8. The predicted octanol–water partition coefficient (Wildman–Crippen LogP) is 5.12. The maximum absolute atomic E-state index is 13.0. The number of carbonyl (C=O) groups is 1. The van der Waals surface area contributed by atoms with Gasteiger partial charge >= 0.3 is 6.18 Å². The van der Waals surface area contributed by atoms with Crippen molar-refractivity contribution in [1.82, 2.24) is 10.3 Å². The minimum absolute atomic E-state index is 0.0411. The molecule has 0 unspecified atom stereocenters. The summed E-state index contributed by atoms with van der Waals surface area (Å²) in [5.74, 6) is -0.379. The first kappa shape index (κ1) is 22.0. The van der Waals surface area contributed by atoms with E-state index in [0.717, 1.165) is 28.8 Å². The van der Waals surface area contributed by atoms with Crippen molar-refractivity contribution in [3.05, 3.63) is 94.8 Å². The molecule has 0 radical (unpaired) electrons. The first-order chi connectivity index (χ1) is 14.7. The van der Waals surface area contributed by atoms with Crippen LogP contribution in [0.1, 0.15) is 32.6 Å². The summed E-state index contributed by atoms with van der Waals surface area (Å²) in [6.45, 7) is 4.04. The molecule has 0 aliphatic carbocycles. The molecule has 5 nitrogen and oxygen atoms in total. The summed E-state index contributed by atoms with van der Waals surface area (Å²) in [6, 6.07) is 13.5. The van der Waals surface area contributed by atoms with Gasteiger partial charge in [0.2, 0.25) is 5.96 Å². The Morgan fingerprint density at radius 3 is 2.42 bits per heavy atom. The van der Waals surface area contributed by atoms with Crippen LogP contribution in [0.15, 0.2) is 72.0 Å². The number of aliphatic imine (C=N–C) groups is 1. The van der Waals surface area contributed by atoms with E-state index in [1.807, 2.05) is 19.9 Å². The minimum Gasteiger partial charge on any atom is -0.326 e. The third kappa shape index (κ3) is 6.15. The van der Waals surface area contributed by atoms with Gasteiger partial charge in [-0.1, -0.05) is 12.1 Å². The van der Waals surface area contributed by atoms with Gasteiger partial charge in [0, 0.05) is 23.6 Å². The lowest BCUT2D eigenvalue weighted by atomic mass is 10.1. The number of nitrogens with zero attached hydrogens (tertiary/aromatic N) is 2. The van der Waals surface area contributed by atoms with Gasteiger partial charge in [-0.15, -0.1) is 0 Å². The Hall–Kier alpha value is -3.68. The van der Waals surface area contributed by atoms with E-state index in [1.165, 1.54) is 12.1 Å². The van der Waals surface area contributed by atoms with E-state index in [2.05, 4.69) is 20.6 Å². The maximum Gasteiger partial charge on any atom is 0.416 e. The fourth-order valence-corrected chi connectivity index (χ4v) is 2.74. The number of nitrogens with one attached hydrogen (secondary N) is 2. The minimum atomic E-state index is -4.48. The summed E-state index contributed by atoms with van der Waals surface area (Å²) in [5.41, 5.74) is 2.61. The van der Waals surface area contributed by atoms with Crippen LogP contribution in [0.3, 0.4) is 0 Å². The van der Waals surface area contributed by atoms with Gasteiger partial charge < -0.3 is 5.32 Å². The van der Waals surface area contributed by atoms with Gasteiger partial charge in [-0.05, 0) is 73.0 Å². The van der Waals surface area contributed by atoms with Crippen molar-refractivity contribution in [3.63, 3.8) is 0 Å². The molecule has 2 aromatic carbocycles. The van der Waals surface area contributed by atoms with Crippen LogP contribution in [-0.4, -0.2) is 16.9 Å². The Balaban J connectivity index is 1.85. The van der Waals surface area contributed by atoms with Crippen LogP contribution < -0.4 is 10.6 Å². The van der Waals surface area contributed by atoms with E-state index in [-0.39, 0.29) is 18.2 Å². The molecular formula is C23H21F3N4O. The summed E-state index contributed by atoms with van der Waals surface area (Å²) in [4.78, 5) is 21.0. The van der Waals surface area contributed by atoms with E-state index in [9.17, 15) is 18.0 Å². The van der Waals surface area contributed by atoms with Crippen molar-refractivity contribution in [3.8, 4) is 0 Å². The van der Waals surface area contributed by atoms with Crippen LogP contribution in [0.5, 0.6) is 0 Å². The summed E-state index contributed by atoms with van der Waals surface area (Å²) < 4.78 is 39.1. The largest absolute Gasteiger partial charge is 0.416 e. The summed E-state index contributed by atoms with van der Waals surface area (Å²) in [6.07, 6.45) is -1.26. The molecule has 31 heavy (non-hydrogen) atoms. The van der Waals surface area contributed by atoms with Gasteiger partial charge in [0.15, 0.2) is 0 Å². The van der Waals surface area contributed by atoms with Gasteiger partial charge in [0.25, 0.3) is 5.91 Å². The number of carbonyl (C=O) groups excluding carboxylic acids is 1. The van der Waals surface area contributed by atoms with E-state index in [4.69, 9.17) is 0 Å². The van der Waals surface area contributed by atoms with Crippen molar-refractivity contribution >= 4 is 17.6 Å². The van der Waals surface area contributed by atoms with Crippen LogP contribution in [-0.2, 0) is 12.7 Å². The molecule has 160 valence electrons. The number of aromatic nitrogens is 1. The second kappa shape index (κ2) is 9.42. The molecule has 0 saturated carbocycles. The zero-order valence-corrected chi connectivity index (χ0v) is 17.0. The first-order valence-corrected chi connectivity index (χ1v) is 9.48. The molecule has 0 spiro atoms. The van der Waals surface area contributed by atoms with Crippen molar-refractivity contribution in [2.45, 2.75) is 26.6 Å². The molecule has 3 aromatic rings. The number of rotatable bonds is 4. The third-order valence-corrected chi connectivity index (χ3v) is 4.62. The number of guanidine groups is 1. The topological polar surface area (TPSA) is 66.4 Å². The van der Waals surface area contributed by atoms with Gasteiger partial charge in [-0.3, -0.25) is 15.1 Å². The molecule has 8 heteroatoms. The third-order valence-electron chi connectivity index (χ3n) is 4.62. The fraction of sp³-hybridized carbons (Fsp3) is 0.174. The number of hydrogen-bond acceptors (Lipinski definition) is 3. The molecule has 0 bridgehead atoms. The highest BCUT2D eigenvalue weighted by Crippen LogP contribution is 2.30. The summed E-state index contributed by atoms with van der Waals surface area (Å²) >= 11 is 0. The second-order valence-electron chi connectivity index (χ2n) is 6.98. The maximum atomic E-state index is 13.0. The number of pyridine rings is 1. The number of amides is 1. The van der Waals surface area contributed by atoms with E-state index in [0.29, 0.717) is 5.56 Å². The zero-order valence-electron chi connectivity index (χ0n) is 17.0. The molecule has 0 saturated heterocycles. The highest BCUT2D eigenvalue weighted by atomic mass is 19.4. The first-order valence-electron chi connectivity index (χ1n) is 9.48. The van der Waals surface area contributed by atoms with Crippen LogP contribution in [0.25, 0.3) is 0 Å².